The number of aliphatic hydroxyl groups is 1. The monoisotopic (exact) mass is 442 g/mol. The minimum atomic E-state index is -0.127. The lowest BCUT2D eigenvalue weighted by Gasteiger charge is -2.74. The highest BCUT2D eigenvalue weighted by Gasteiger charge is 2.75. The molecule has 2 bridgehead atoms. The Morgan fingerprint density at radius 2 is 1.31 bits per heavy atom. The van der Waals surface area contributed by atoms with Gasteiger partial charge in [0.1, 0.15) is 0 Å². The minimum Gasteiger partial charge on any atom is -0.393 e. The highest BCUT2D eigenvalue weighted by atomic mass is 16.5. The molecule has 10 atom stereocenters. The summed E-state index contributed by atoms with van der Waals surface area (Å²) in [7, 11) is 0. The molecule has 1 N–H and O–H groups in total. The summed E-state index contributed by atoms with van der Waals surface area (Å²) in [6.45, 7) is 19.0. The first-order valence-corrected chi connectivity index (χ1v) is 14.1. The van der Waals surface area contributed by atoms with Gasteiger partial charge in [0, 0.05) is 0 Å². The molecule has 0 amide bonds. The lowest BCUT2D eigenvalue weighted by molar-refractivity contribution is -0.287. The SMILES string of the molecule is CC1(C)[C@@H](O)CC[C@]2(C)[C@H]3CC[C@H]4[C@@](C)(CC[C@@]5(C)CC[C@]6(C)CO[C@]45C6)[C@]3(C)CC[C@@H]12. The molecule has 5 aliphatic carbocycles. The van der Waals surface area contributed by atoms with Crippen molar-refractivity contribution in [1.82, 2.24) is 0 Å². The third-order valence-electron chi connectivity index (χ3n) is 14.3. The summed E-state index contributed by atoms with van der Waals surface area (Å²) >= 11 is 0. The average Bonchev–Trinajstić information content (AvgIpc) is 3.03. The molecule has 32 heavy (non-hydrogen) atoms. The molecular weight excluding hydrogens is 392 g/mol. The molecule has 5 saturated carbocycles. The standard InChI is InChI=1S/C30H50O2/c1-24(2)20-10-13-28(6)21(27(20,5)12-11-23(24)31)8-9-22-29(28,7)17-16-26(4)15-14-25(3)18-30(22,26)32-19-25/h20-23,31H,8-19H2,1-7H3/t20-,21+,22-,23-,25-,26+,27-,28+,29+,30+/m0/s1. The van der Waals surface area contributed by atoms with E-state index in [0.717, 1.165) is 24.9 Å². The summed E-state index contributed by atoms with van der Waals surface area (Å²) in [5, 5.41) is 10.9. The van der Waals surface area contributed by atoms with E-state index in [0.29, 0.717) is 33.0 Å². The Labute approximate surface area is 197 Å². The molecule has 2 heteroatoms. The Bertz CT molecular complexity index is 820. The molecule has 6 rings (SSSR count). The summed E-state index contributed by atoms with van der Waals surface area (Å²) in [6.07, 6.45) is 14.3. The Balaban J connectivity index is 1.42. The van der Waals surface area contributed by atoms with Gasteiger partial charge < -0.3 is 9.84 Å². The van der Waals surface area contributed by atoms with E-state index in [4.69, 9.17) is 4.74 Å². The molecular formula is C30H50O2. The van der Waals surface area contributed by atoms with Crippen LogP contribution in [0.5, 0.6) is 0 Å². The van der Waals surface area contributed by atoms with Crippen LogP contribution >= 0.6 is 0 Å². The number of fused-ring (bicyclic) bond motifs is 6. The van der Waals surface area contributed by atoms with Crippen LogP contribution in [-0.2, 0) is 4.74 Å². The van der Waals surface area contributed by atoms with E-state index < -0.39 is 0 Å². The topological polar surface area (TPSA) is 29.5 Å². The molecule has 2 nitrogen and oxygen atoms in total. The highest BCUT2D eigenvalue weighted by molar-refractivity contribution is 5.24. The highest BCUT2D eigenvalue weighted by Crippen LogP contribution is 2.79. The second kappa shape index (κ2) is 6.18. The second-order valence-corrected chi connectivity index (χ2v) is 15.7. The molecule has 1 saturated heterocycles. The maximum absolute atomic E-state index is 10.9. The van der Waals surface area contributed by atoms with Crippen molar-refractivity contribution in [3.63, 3.8) is 0 Å². The van der Waals surface area contributed by atoms with Crippen LogP contribution in [0.3, 0.4) is 0 Å². The van der Waals surface area contributed by atoms with Gasteiger partial charge in [0.2, 0.25) is 0 Å². The lowest BCUT2D eigenvalue weighted by atomic mass is 9.31. The van der Waals surface area contributed by atoms with E-state index in [1.165, 1.54) is 64.2 Å². The van der Waals surface area contributed by atoms with Gasteiger partial charge in [0.05, 0.1) is 18.3 Å². The van der Waals surface area contributed by atoms with Crippen molar-refractivity contribution in [3.8, 4) is 0 Å². The number of aliphatic hydroxyl groups excluding tert-OH is 1. The molecule has 0 radical (unpaired) electrons. The molecule has 182 valence electrons. The maximum atomic E-state index is 10.9. The third kappa shape index (κ3) is 2.32. The maximum Gasteiger partial charge on any atom is 0.0775 e. The van der Waals surface area contributed by atoms with Crippen molar-refractivity contribution in [2.45, 2.75) is 131 Å². The van der Waals surface area contributed by atoms with Gasteiger partial charge in [0.15, 0.2) is 0 Å². The second-order valence-electron chi connectivity index (χ2n) is 15.7. The van der Waals surface area contributed by atoms with Crippen LogP contribution in [0.4, 0.5) is 0 Å². The Morgan fingerprint density at radius 3 is 2.06 bits per heavy atom. The largest absolute Gasteiger partial charge is 0.393 e. The quantitative estimate of drug-likeness (QED) is 0.424. The first kappa shape index (κ1) is 22.4. The fourth-order valence-corrected chi connectivity index (χ4v) is 12.0. The Hall–Kier alpha value is -0.0800. The van der Waals surface area contributed by atoms with Crippen LogP contribution in [0.1, 0.15) is 119 Å². The van der Waals surface area contributed by atoms with Gasteiger partial charge in [0.25, 0.3) is 0 Å². The smallest absolute Gasteiger partial charge is 0.0775 e. The summed E-state index contributed by atoms with van der Waals surface area (Å²) in [6, 6.07) is 0. The van der Waals surface area contributed by atoms with Gasteiger partial charge >= 0.3 is 0 Å². The van der Waals surface area contributed by atoms with Gasteiger partial charge in [-0.25, -0.2) is 0 Å². The van der Waals surface area contributed by atoms with Crippen LogP contribution < -0.4 is 0 Å². The zero-order valence-electron chi connectivity index (χ0n) is 22.2. The van der Waals surface area contributed by atoms with Crippen LogP contribution in [-0.4, -0.2) is 23.4 Å². The van der Waals surface area contributed by atoms with Crippen molar-refractivity contribution < 1.29 is 9.84 Å². The van der Waals surface area contributed by atoms with E-state index in [2.05, 4.69) is 48.5 Å². The normalized spacial score (nSPS) is 63.0. The zero-order chi connectivity index (χ0) is 23.0. The molecule has 1 aliphatic heterocycles. The Morgan fingerprint density at radius 1 is 0.656 bits per heavy atom. The van der Waals surface area contributed by atoms with Crippen LogP contribution in [0, 0.1) is 50.2 Å². The van der Waals surface area contributed by atoms with E-state index in [1.807, 2.05) is 0 Å². The number of rotatable bonds is 0. The van der Waals surface area contributed by atoms with Crippen LogP contribution in [0.15, 0.2) is 0 Å². The van der Waals surface area contributed by atoms with E-state index in [1.54, 1.807) is 0 Å². The fraction of sp³-hybridized carbons (Fsp3) is 1.00. The third-order valence-corrected chi connectivity index (χ3v) is 14.3. The average molecular weight is 443 g/mol. The Kier molecular flexibility index (Phi) is 4.32. The summed E-state index contributed by atoms with van der Waals surface area (Å²) in [4.78, 5) is 0. The van der Waals surface area contributed by atoms with Crippen molar-refractivity contribution in [1.29, 1.82) is 0 Å². The molecule has 1 spiro atoms. The van der Waals surface area contributed by atoms with Crippen molar-refractivity contribution >= 4 is 0 Å². The molecule has 0 unspecified atom stereocenters. The number of ether oxygens (including phenoxy) is 1. The fourth-order valence-electron chi connectivity index (χ4n) is 12.0. The zero-order valence-corrected chi connectivity index (χ0v) is 22.2. The lowest BCUT2D eigenvalue weighted by Crippen LogP contribution is -2.71. The van der Waals surface area contributed by atoms with E-state index in [-0.39, 0.29) is 17.1 Å². The van der Waals surface area contributed by atoms with Gasteiger partial charge in [-0.3, -0.25) is 0 Å². The predicted octanol–water partition coefficient (Wildman–Crippen LogP) is 7.38. The summed E-state index contributed by atoms with van der Waals surface area (Å²) in [5.41, 5.74) is 2.13. The summed E-state index contributed by atoms with van der Waals surface area (Å²) < 4.78 is 7.08. The summed E-state index contributed by atoms with van der Waals surface area (Å²) in [5.74, 6) is 2.17. The molecule has 0 aromatic rings. The first-order valence-electron chi connectivity index (χ1n) is 14.1. The van der Waals surface area contributed by atoms with Gasteiger partial charge in [-0.15, -0.1) is 0 Å². The first-order chi connectivity index (χ1) is 14.8. The van der Waals surface area contributed by atoms with Crippen molar-refractivity contribution in [3.05, 3.63) is 0 Å². The minimum absolute atomic E-state index is 0.0512. The molecule has 6 fully saturated rings. The van der Waals surface area contributed by atoms with Crippen molar-refractivity contribution in [2.24, 2.45) is 50.2 Å². The molecule has 1 heterocycles. The van der Waals surface area contributed by atoms with Gasteiger partial charge in [-0.05, 0) is 121 Å². The van der Waals surface area contributed by atoms with Gasteiger partial charge in [-0.1, -0.05) is 48.5 Å². The van der Waals surface area contributed by atoms with Crippen molar-refractivity contribution in [2.75, 3.05) is 6.61 Å². The van der Waals surface area contributed by atoms with E-state index >= 15 is 0 Å². The predicted molar refractivity (Wildman–Crippen MR) is 130 cm³/mol. The van der Waals surface area contributed by atoms with E-state index in [9.17, 15) is 5.11 Å². The molecule has 6 aliphatic rings. The number of hydrogen-bond acceptors (Lipinski definition) is 2. The van der Waals surface area contributed by atoms with Crippen LogP contribution in [0.2, 0.25) is 0 Å². The number of hydrogen-bond donors (Lipinski definition) is 1. The van der Waals surface area contributed by atoms with Gasteiger partial charge in [-0.2, -0.15) is 0 Å². The van der Waals surface area contributed by atoms with Crippen LogP contribution in [0.25, 0.3) is 0 Å². The molecule has 0 aromatic carbocycles. The molecule has 0 aromatic heterocycles.